The van der Waals surface area contributed by atoms with Crippen LogP contribution in [0.1, 0.15) is 98.3 Å². The number of carbonyl (C=O) groups excluding carboxylic acids is 1. The Morgan fingerprint density at radius 2 is 1.68 bits per heavy atom. The number of aryl methyl sites for hydroxylation is 2. The van der Waals surface area contributed by atoms with Crippen LogP contribution in [0.25, 0.3) is 0 Å². The molecule has 0 saturated heterocycles. The maximum atomic E-state index is 13.5. The van der Waals surface area contributed by atoms with Crippen molar-refractivity contribution in [1.82, 2.24) is 0 Å². The number of carbonyl (C=O) groups is 1. The summed E-state index contributed by atoms with van der Waals surface area (Å²) in [6.45, 7) is 8.94. The summed E-state index contributed by atoms with van der Waals surface area (Å²) in [6, 6.07) is 14.8. The fraction of sp³-hybridized carbons (Fsp3) is 0.519. The lowest BCUT2D eigenvalue weighted by atomic mass is 9.74. The lowest BCUT2D eigenvalue weighted by molar-refractivity contribution is 0.103. The molecule has 1 aliphatic carbocycles. The predicted octanol–water partition coefficient (Wildman–Crippen LogP) is 7.36. The Kier molecular flexibility index (Phi) is 7.10. The molecule has 28 heavy (non-hydrogen) atoms. The molecule has 3 rings (SSSR count). The summed E-state index contributed by atoms with van der Waals surface area (Å²) < 4.78 is 0. The van der Waals surface area contributed by atoms with Gasteiger partial charge in [-0.05, 0) is 72.6 Å². The van der Waals surface area contributed by atoms with Gasteiger partial charge in [-0.15, -0.1) is 0 Å². The summed E-state index contributed by atoms with van der Waals surface area (Å²) in [5, 5.41) is 0. The number of hydrogen-bond donors (Lipinski definition) is 0. The lowest BCUT2D eigenvalue weighted by Crippen LogP contribution is -2.17. The van der Waals surface area contributed by atoms with Crippen molar-refractivity contribution in [3.05, 3.63) is 70.3 Å². The quantitative estimate of drug-likeness (QED) is 0.461. The van der Waals surface area contributed by atoms with E-state index in [1.54, 1.807) is 0 Å². The van der Waals surface area contributed by atoms with Crippen LogP contribution in [0.3, 0.4) is 0 Å². The molecule has 0 N–H and O–H groups in total. The zero-order valence-electron chi connectivity index (χ0n) is 18.1. The molecule has 0 spiro atoms. The van der Waals surface area contributed by atoms with E-state index in [1.165, 1.54) is 43.2 Å². The molecule has 0 radical (unpaired) electrons. The molecular weight excluding hydrogens is 340 g/mol. The number of rotatable bonds is 7. The first kappa shape index (κ1) is 20.8. The molecule has 2 aromatic carbocycles. The van der Waals surface area contributed by atoms with Crippen LogP contribution in [-0.2, 0) is 12.8 Å². The third-order valence-electron chi connectivity index (χ3n) is 6.46. The summed E-state index contributed by atoms with van der Waals surface area (Å²) in [6.07, 6.45) is 8.36. The third kappa shape index (κ3) is 4.74. The highest BCUT2D eigenvalue weighted by Gasteiger charge is 2.25. The molecule has 0 aliphatic heterocycles. The van der Waals surface area contributed by atoms with Gasteiger partial charge in [0.15, 0.2) is 5.78 Å². The smallest absolute Gasteiger partial charge is 0.193 e. The van der Waals surface area contributed by atoms with Gasteiger partial charge in [-0.2, -0.15) is 0 Å². The SMILES string of the molecule is CCc1ccccc1C(=O)c1cc(C2CCCC(CC(C)C)C2)ccc1CC. The van der Waals surface area contributed by atoms with Gasteiger partial charge in [0.2, 0.25) is 0 Å². The molecule has 0 bridgehead atoms. The fourth-order valence-electron chi connectivity index (χ4n) is 5.04. The minimum atomic E-state index is 0.200. The highest BCUT2D eigenvalue weighted by Crippen LogP contribution is 2.39. The van der Waals surface area contributed by atoms with Crippen molar-refractivity contribution in [2.75, 3.05) is 0 Å². The van der Waals surface area contributed by atoms with Crippen LogP contribution in [0.2, 0.25) is 0 Å². The average molecular weight is 377 g/mol. The van der Waals surface area contributed by atoms with Crippen molar-refractivity contribution < 1.29 is 4.79 Å². The molecule has 1 aliphatic rings. The maximum Gasteiger partial charge on any atom is 0.193 e. The topological polar surface area (TPSA) is 17.1 Å². The standard InChI is InChI=1S/C27H36O/c1-5-21-11-7-8-13-25(21)27(28)26-18-24(15-14-22(26)6-2)23-12-9-10-20(17-23)16-19(3)4/h7-8,11,13-15,18-20,23H,5-6,9-10,12,16-17H2,1-4H3. The van der Waals surface area contributed by atoms with Crippen LogP contribution >= 0.6 is 0 Å². The molecular formula is C27H36O. The van der Waals surface area contributed by atoms with Crippen molar-refractivity contribution in [1.29, 1.82) is 0 Å². The van der Waals surface area contributed by atoms with Gasteiger partial charge in [0.25, 0.3) is 0 Å². The Bertz CT molecular complexity index is 802. The average Bonchev–Trinajstić information content (AvgIpc) is 2.72. The second-order valence-electron chi connectivity index (χ2n) is 8.97. The first-order valence-corrected chi connectivity index (χ1v) is 11.3. The Hall–Kier alpha value is -1.89. The molecule has 2 unspecified atom stereocenters. The molecule has 2 atom stereocenters. The Morgan fingerprint density at radius 3 is 2.39 bits per heavy atom. The summed E-state index contributed by atoms with van der Waals surface area (Å²) in [5.74, 6) is 2.42. The normalized spacial score (nSPS) is 19.8. The van der Waals surface area contributed by atoms with E-state index < -0.39 is 0 Å². The van der Waals surface area contributed by atoms with E-state index in [2.05, 4.69) is 52.0 Å². The van der Waals surface area contributed by atoms with E-state index in [1.807, 2.05) is 18.2 Å². The summed E-state index contributed by atoms with van der Waals surface area (Å²) >= 11 is 0. The van der Waals surface area contributed by atoms with E-state index >= 15 is 0 Å². The van der Waals surface area contributed by atoms with Gasteiger partial charge in [-0.25, -0.2) is 0 Å². The highest BCUT2D eigenvalue weighted by molar-refractivity contribution is 6.11. The van der Waals surface area contributed by atoms with Crippen LogP contribution in [0.4, 0.5) is 0 Å². The number of benzene rings is 2. The minimum Gasteiger partial charge on any atom is -0.289 e. The van der Waals surface area contributed by atoms with Gasteiger partial charge in [-0.3, -0.25) is 4.79 Å². The predicted molar refractivity (Wildman–Crippen MR) is 119 cm³/mol. The summed E-state index contributed by atoms with van der Waals surface area (Å²) in [7, 11) is 0. The zero-order chi connectivity index (χ0) is 20.1. The van der Waals surface area contributed by atoms with Crippen LogP contribution in [0, 0.1) is 11.8 Å². The molecule has 1 heteroatoms. The molecule has 150 valence electrons. The van der Waals surface area contributed by atoms with Crippen LogP contribution in [0.5, 0.6) is 0 Å². The highest BCUT2D eigenvalue weighted by atomic mass is 16.1. The zero-order valence-corrected chi connectivity index (χ0v) is 18.1. The van der Waals surface area contributed by atoms with Gasteiger partial charge in [-0.1, -0.05) is 76.9 Å². The first-order chi connectivity index (χ1) is 13.5. The molecule has 1 saturated carbocycles. The second kappa shape index (κ2) is 9.54. The van der Waals surface area contributed by atoms with E-state index in [9.17, 15) is 4.79 Å². The van der Waals surface area contributed by atoms with Crippen LogP contribution < -0.4 is 0 Å². The fourth-order valence-corrected chi connectivity index (χ4v) is 5.04. The van der Waals surface area contributed by atoms with Crippen molar-refractivity contribution >= 4 is 5.78 Å². The summed E-state index contributed by atoms with van der Waals surface area (Å²) in [4.78, 5) is 13.5. The molecule has 0 amide bonds. The van der Waals surface area contributed by atoms with Crippen molar-refractivity contribution in [3.63, 3.8) is 0 Å². The van der Waals surface area contributed by atoms with Gasteiger partial charge in [0, 0.05) is 11.1 Å². The van der Waals surface area contributed by atoms with E-state index in [4.69, 9.17) is 0 Å². The monoisotopic (exact) mass is 376 g/mol. The Labute approximate surface area is 171 Å². The first-order valence-electron chi connectivity index (χ1n) is 11.3. The van der Waals surface area contributed by atoms with E-state index in [0.717, 1.165) is 41.4 Å². The van der Waals surface area contributed by atoms with Gasteiger partial charge in [0.05, 0.1) is 0 Å². The molecule has 1 nitrogen and oxygen atoms in total. The van der Waals surface area contributed by atoms with Crippen molar-refractivity contribution in [3.8, 4) is 0 Å². The lowest BCUT2D eigenvalue weighted by Gasteiger charge is -2.31. The number of ketones is 1. The molecule has 0 aromatic heterocycles. The van der Waals surface area contributed by atoms with Crippen LogP contribution in [-0.4, -0.2) is 5.78 Å². The third-order valence-corrected chi connectivity index (χ3v) is 6.46. The van der Waals surface area contributed by atoms with Gasteiger partial charge >= 0.3 is 0 Å². The summed E-state index contributed by atoms with van der Waals surface area (Å²) in [5.41, 5.74) is 5.50. The van der Waals surface area contributed by atoms with E-state index in [-0.39, 0.29) is 5.78 Å². The van der Waals surface area contributed by atoms with Gasteiger partial charge in [0.1, 0.15) is 0 Å². The van der Waals surface area contributed by atoms with E-state index in [0.29, 0.717) is 5.92 Å². The maximum absolute atomic E-state index is 13.5. The van der Waals surface area contributed by atoms with Crippen LogP contribution in [0.15, 0.2) is 42.5 Å². The Balaban J connectivity index is 1.91. The van der Waals surface area contributed by atoms with Crippen molar-refractivity contribution in [2.45, 2.75) is 78.6 Å². The largest absolute Gasteiger partial charge is 0.289 e. The van der Waals surface area contributed by atoms with Crippen molar-refractivity contribution in [2.24, 2.45) is 11.8 Å². The van der Waals surface area contributed by atoms with Gasteiger partial charge < -0.3 is 0 Å². The molecule has 2 aromatic rings. The number of hydrogen-bond acceptors (Lipinski definition) is 1. The second-order valence-corrected chi connectivity index (χ2v) is 8.97. The molecule has 0 heterocycles. The minimum absolute atomic E-state index is 0.200. The Morgan fingerprint density at radius 1 is 0.964 bits per heavy atom. The molecule has 1 fully saturated rings.